The van der Waals surface area contributed by atoms with E-state index in [0.29, 0.717) is 6.61 Å². The van der Waals surface area contributed by atoms with E-state index in [0.717, 1.165) is 36.7 Å². The third kappa shape index (κ3) is 4.31. The minimum atomic E-state index is -0.201. The Balaban J connectivity index is 2.29. The minimum Gasteiger partial charge on any atom is -0.492 e. The van der Waals surface area contributed by atoms with Crippen molar-refractivity contribution in [2.24, 2.45) is 5.73 Å². The van der Waals surface area contributed by atoms with E-state index in [1.165, 1.54) is 0 Å². The van der Waals surface area contributed by atoms with Crippen molar-refractivity contribution in [1.29, 1.82) is 0 Å². The number of rotatable bonds is 5. The third-order valence-electron chi connectivity index (χ3n) is 3.07. The first-order chi connectivity index (χ1) is 10.0. The number of ether oxygens (including phenoxy) is 1. The second kappa shape index (κ2) is 7.77. The molecular formula is C16H16Br3NO. The molecule has 0 radical (unpaired) electrons. The van der Waals surface area contributed by atoms with E-state index in [1.807, 2.05) is 36.4 Å². The molecule has 112 valence electrons. The van der Waals surface area contributed by atoms with Crippen LogP contribution >= 0.6 is 47.8 Å². The molecule has 2 N–H and O–H groups in total. The van der Waals surface area contributed by atoms with Crippen molar-refractivity contribution in [2.75, 3.05) is 6.61 Å². The first kappa shape index (κ1) is 17.0. The van der Waals surface area contributed by atoms with Crippen LogP contribution in [-0.2, 0) is 0 Å². The lowest BCUT2D eigenvalue weighted by Gasteiger charge is -2.16. The van der Waals surface area contributed by atoms with Crippen LogP contribution in [0.4, 0.5) is 0 Å². The summed E-state index contributed by atoms with van der Waals surface area (Å²) in [4.78, 5) is 0. The second-order valence-corrected chi connectivity index (χ2v) is 7.31. The smallest absolute Gasteiger partial charge is 0.133 e. The maximum atomic E-state index is 6.39. The van der Waals surface area contributed by atoms with Gasteiger partial charge in [0.15, 0.2) is 0 Å². The molecule has 0 heterocycles. The molecule has 5 heteroatoms. The first-order valence-electron chi connectivity index (χ1n) is 6.65. The van der Waals surface area contributed by atoms with Gasteiger partial charge < -0.3 is 10.5 Å². The average Bonchev–Trinajstić information content (AvgIpc) is 2.47. The highest BCUT2D eigenvalue weighted by Gasteiger charge is 2.14. The quantitative estimate of drug-likeness (QED) is 0.589. The molecule has 0 aromatic heterocycles. The zero-order chi connectivity index (χ0) is 15.4. The Hall–Kier alpha value is -0.360. The zero-order valence-electron chi connectivity index (χ0n) is 11.6. The molecule has 0 aliphatic carbocycles. The normalized spacial score (nSPS) is 12.2. The van der Waals surface area contributed by atoms with Gasteiger partial charge in [0.1, 0.15) is 5.75 Å². The van der Waals surface area contributed by atoms with Crippen LogP contribution in [-0.4, -0.2) is 6.61 Å². The molecule has 2 rings (SSSR count). The molecule has 2 aromatic rings. The summed E-state index contributed by atoms with van der Waals surface area (Å²) in [5.41, 5.74) is 8.46. The third-order valence-corrected chi connectivity index (χ3v) is 4.90. The molecule has 0 saturated heterocycles. The Kier molecular flexibility index (Phi) is 6.29. The van der Waals surface area contributed by atoms with E-state index in [1.54, 1.807) is 0 Å². The Morgan fingerprint density at radius 1 is 1.05 bits per heavy atom. The van der Waals surface area contributed by atoms with Gasteiger partial charge in [-0.3, -0.25) is 0 Å². The topological polar surface area (TPSA) is 35.2 Å². The van der Waals surface area contributed by atoms with Crippen molar-refractivity contribution in [2.45, 2.75) is 19.4 Å². The van der Waals surface area contributed by atoms with Crippen molar-refractivity contribution < 1.29 is 4.74 Å². The van der Waals surface area contributed by atoms with Crippen LogP contribution in [0.2, 0.25) is 0 Å². The number of nitrogens with two attached hydrogens (primary N) is 1. The van der Waals surface area contributed by atoms with Crippen LogP contribution in [0.3, 0.4) is 0 Å². The monoisotopic (exact) mass is 475 g/mol. The molecule has 0 aliphatic rings. The van der Waals surface area contributed by atoms with Crippen molar-refractivity contribution in [1.82, 2.24) is 0 Å². The van der Waals surface area contributed by atoms with Gasteiger partial charge in [-0.05, 0) is 63.8 Å². The van der Waals surface area contributed by atoms with E-state index in [-0.39, 0.29) is 6.04 Å². The van der Waals surface area contributed by atoms with Gasteiger partial charge in [0.2, 0.25) is 0 Å². The van der Waals surface area contributed by atoms with Crippen LogP contribution in [0, 0.1) is 0 Å². The number of hydrogen-bond acceptors (Lipinski definition) is 2. The highest BCUT2D eigenvalue weighted by Crippen LogP contribution is 2.33. The van der Waals surface area contributed by atoms with Gasteiger partial charge in [-0.15, -0.1) is 0 Å². The number of halogens is 3. The van der Waals surface area contributed by atoms with Gasteiger partial charge in [-0.1, -0.05) is 44.8 Å². The second-order valence-electron chi connectivity index (χ2n) is 4.68. The summed E-state index contributed by atoms with van der Waals surface area (Å²) in [6.45, 7) is 2.80. The molecular weight excluding hydrogens is 462 g/mol. The van der Waals surface area contributed by atoms with E-state index >= 15 is 0 Å². The minimum absolute atomic E-state index is 0.201. The molecule has 0 spiro atoms. The molecule has 1 unspecified atom stereocenters. The lowest BCUT2D eigenvalue weighted by Crippen LogP contribution is -2.12. The molecule has 1 atom stereocenters. The number of benzene rings is 2. The van der Waals surface area contributed by atoms with Crippen LogP contribution < -0.4 is 10.5 Å². The van der Waals surface area contributed by atoms with E-state index in [4.69, 9.17) is 10.5 Å². The molecule has 21 heavy (non-hydrogen) atoms. The zero-order valence-corrected chi connectivity index (χ0v) is 16.3. The summed E-state index contributed by atoms with van der Waals surface area (Å²) in [7, 11) is 0. The standard InChI is InChI=1S/C16H16Br3NO/c1-2-7-21-15-6-3-10(8-14(15)19)16(20)12-9-11(17)4-5-13(12)18/h3-6,8-9,16H,2,7,20H2,1H3. The largest absolute Gasteiger partial charge is 0.492 e. The summed E-state index contributed by atoms with van der Waals surface area (Å²) >= 11 is 10.6. The van der Waals surface area contributed by atoms with Gasteiger partial charge in [0, 0.05) is 8.95 Å². The number of hydrogen-bond donors (Lipinski definition) is 1. The molecule has 0 fully saturated rings. The maximum Gasteiger partial charge on any atom is 0.133 e. The summed E-state index contributed by atoms with van der Waals surface area (Å²) in [5.74, 6) is 0.848. The fourth-order valence-corrected chi connectivity index (χ4v) is 3.36. The Morgan fingerprint density at radius 2 is 1.81 bits per heavy atom. The highest BCUT2D eigenvalue weighted by atomic mass is 79.9. The predicted molar refractivity (Wildman–Crippen MR) is 97.8 cm³/mol. The van der Waals surface area contributed by atoms with E-state index in [2.05, 4.69) is 54.7 Å². The van der Waals surface area contributed by atoms with Gasteiger partial charge in [0.25, 0.3) is 0 Å². The van der Waals surface area contributed by atoms with E-state index < -0.39 is 0 Å². The Labute approximate surface area is 150 Å². The average molecular weight is 478 g/mol. The van der Waals surface area contributed by atoms with Crippen molar-refractivity contribution in [3.8, 4) is 5.75 Å². The lowest BCUT2D eigenvalue weighted by molar-refractivity contribution is 0.315. The Morgan fingerprint density at radius 3 is 2.48 bits per heavy atom. The summed E-state index contributed by atoms with van der Waals surface area (Å²) in [5, 5.41) is 0. The molecule has 2 aromatic carbocycles. The molecule has 0 bridgehead atoms. The van der Waals surface area contributed by atoms with Crippen molar-refractivity contribution in [3.05, 3.63) is 60.9 Å². The summed E-state index contributed by atoms with van der Waals surface area (Å²) in [6.07, 6.45) is 0.985. The fraction of sp³-hybridized carbons (Fsp3) is 0.250. The summed E-state index contributed by atoms with van der Waals surface area (Å²) < 4.78 is 8.60. The summed E-state index contributed by atoms with van der Waals surface area (Å²) in [6, 6.07) is 11.8. The molecule has 0 amide bonds. The molecule has 2 nitrogen and oxygen atoms in total. The van der Waals surface area contributed by atoms with Crippen molar-refractivity contribution >= 4 is 47.8 Å². The van der Waals surface area contributed by atoms with Crippen LogP contribution in [0.5, 0.6) is 5.75 Å². The van der Waals surface area contributed by atoms with E-state index in [9.17, 15) is 0 Å². The Bertz CT molecular complexity index is 631. The fourth-order valence-electron chi connectivity index (χ4n) is 1.97. The van der Waals surface area contributed by atoms with Crippen LogP contribution in [0.15, 0.2) is 49.8 Å². The first-order valence-corrected chi connectivity index (χ1v) is 9.03. The SMILES string of the molecule is CCCOc1ccc(C(N)c2cc(Br)ccc2Br)cc1Br. The van der Waals surface area contributed by atoms with Crippen LogP contribution in [0.1, 0.15) is 30.5 Å². The van der Waals surface area contributed by atoms with Crippen molar-refractivity contribution in [3.63, 3.8) is 0 Å². The highest BCUT2D eigenvalue weighted by molar-refractivity contribution is 9.11. The van der Waals surface area contributed by atoms with Gasteiger partial charge in [0.05, 0.1) is 17.1 Å². The van der Waals surface area contributed by atoms with Gasteiger partial charge in [-0.2, -0.15) is 0 Å². The maximum absolute atomic E-state index is 6.39. The predicted octanol–water partition coefficient (Wildman–Crippen LogP) is 5.81. The molecule has 0 aliphatic heterocycles. The lowest BCUT2D eigenvalue weighted by atomic mass is 10.00. The van der Waals surface area contributed by atoms with Gasteiger partial charge in [-0.25, -0.2) is 0 Å². The molecule has 0 saturated carbocycles. The van der Waals surface area contributed by atoms with Gasteiger partial charge >= 0.3 is 0 Å². The van der Waals surface area contributed by atoms with Crippen LogP contribution in [0.25, 0.3) is 0 Å².